The van der Waals surface area contributed by atoms with Crippen molar-refractivity contribution < 1.29 is 0 Å². The van der Waals surface area contributed by atoms with Crippen molar-refractivity contribution in [3.05, 3.63) is 192 Å². The van der Waals surface area contributed by atoms with Crippen molar-refractivity contribution in [1.82, 2.24) is 9.13 Å². The molecule has 282 valence electrons. The lowest BCUT2D eigenvalue weighted by Gasteiger charge is -2.22. The summed E-state index contributed by atoms with van der Waals surface area (Å²) in [4.78, 5) is 0. The van der Waals surface area contributed by atoms with Gasteiger partial charge in [-0.3, -0.25) is 0 Å². The summed E-state index contributed by atoms with van der Waals surface area (Å²) in [5, 5.41) is 10.4. The Labute approximate surface area is 348 Å². The van der Waals surface area contributed by atoms with Crippen LogP contribution in [0.25, 0.3) is 110 Å². The molecule has 60 heavy (non-hydrogen) atoms. The van der Waals surface area contributed by atoms with Gasteiger partial charge in [-0.2, -0.15) is 0 Å². The molecule has 2 aliphatic rings. The zero-order valence-corrected chi connectivity index (χ0v) is 34.1. The molecule has 0 saturated heterocycles. The van der Waals surface area contributed by atoms with Crippen LogP contribution in [-0.4, -0.2) is 9.13 Å². The van der Waals surface area contributed by atoms with E-state index in [2.05, 4.69) is 207 Å². The van der Waals surface area contributed by atoms with Gasteiger partial charge in [0.2, 0.25) is 0 Å². The molecule has 0 saturated carbocycles. The first-order chi connectivity index (χ1) is 29.3. The Morgan fingerprint density at radius 2 is 0.700 bits per heavy atom. The highest BCUT2D eigenvalue weighted by Gasteiger charge is 2.37. The van der Waals surface area contributed by atoms with Crippen LogP contribution < -0.4 is 0 Å². The molecule has 0 unspecified atom stereocenters. The van der Waals surface area contributed by atoms with Gasteiger partial charge in [0.1, 0.15) is 0 Å². The molecule has 0 fully saturated rings. The minimum atomic E-state index is -0.0844. The molecular weight excluding hydrogens is 725 g/mol. The molecule has 14 rings (SSSR count). The van der Waals surface area contributed by atoms with Gasteiger partial charge in [0.05, 0.1) is 22.1 Å². The Hall–Kier alpha value is -7.16. The molecule has 0 atom stereocenters. The third kappa shape index (κ3) is 3.95. The summed E-state index contributed by atoms with van der Waals surface area (Å²) in [6.45, 7) is 9.51. The molecule has 0 amide bonds. The predicted octanol–water partition coefficient (Wildman–Crippen LogP) is 15.3. The molecule has 2 aromatic heterocycles. The molecule has 0 N–H and O–H groups in total. The lowest BCUT2D eigenvalue weighted by atomic mass is 9.82. The van der Waals surface area contributed by atoms with E-state index in [0.717, 1.165) is 0 Å². The van der Waals surface area contributed by atoms with Crippen molar-refractivity contribution in [3.63, 3.8) is 0 Å². The fraction of sp³-hybridized carbons (Fsp3) is 0.103. The number of hydrogen-bond donors (Lipinski definition) is 0. The fourth-order valence-electron chi connectivity index (χ4n) is 11.9. The number of aromatic nitrogens is 2. The molecule has 0 bridgehead atoms. The highest BCUT2D eigenvalue weighted by molar-refractivity contribution is 6.27. The van der Waals surface area contributed by atoms with Crippen molar-refractivity contribution in [2.75, 3.05) is 0 Å². The number of rotatable bonds is 3. The van der Waals surface area contributed by atoms with E-state index in [9.17, 15) is 0 Å². The monoisotopic (exact) mass is 764 g/mol. The van der Waals surface area contributed by atoms with Crippen molar-refractivity contribution >= 4 is 65.2 Å². The van der Waals surface area contributed by atoms with Gasteiger partial charge in [-0.1, -0.05) is 137 Å². The van der Waals surface area contributed by atoms with Gasteiger partial charge in [0.25, 0.3) is 0 Å². The predicted molar refractivity (Wildman–Crippen MR) is 253 cm³/mol. The average Bonchev–Trinajstić information content (AvgIpc) is 3.94. The topological polar surface area (TPSA) is 9.86 Å². The first kappa shape index (κ1) is 32.8. The summed E-state index contributed by atoms with van der Waals surface area (Å²) < 4.78 is 5.06. The zero-order valence-electron chi connectivity index (χ0n) is 34.1. The van der Waals surface area contributed by atoms with E-state index in [1.165, 1.54) is 132 Å². The molecule has 0 aliphatic heterocycles. The van der Waals surface area contributed by atoms with Gasteiger partial charge in [0, 0.05) is 43.7 Å². The first-order valence-electron chi connectivity index (χ1n) is 21.3. The molecule has 2 nitrogen and oxygen atoms in total. The summed E-state index contributed by atoms with van der Waals surface area (Å²) >= 11 is 0. The Morgan fingerprint density at radius 3 is 1.17 bits per heavy atom. The second-order valence-electron chi connectivity index (χ2n) is 18.5. The molecule has 0 spiro atoms. The number of nitrogens with zero attached hydrogens (tertiary/aromatic N) is 2. The summed E-state index contributed by atoms with van der Waals surface area (Å²) in [5.74, 6) is 0. The first-order valence-corrected chi connectivity index (χ1v) is 21.3. The molecule has 12 aromatic rings. The maximum atomic E-state index is 2.53. The average molecular weight is 765 g/mol. The highest BCUT2D eigenvalue weighted by Crippen LogP contribution is 2.52. The van der Waals surface area contributed by atoms with E-state index in [1.54, 1.807) is 0 Å². The van der Waals surface area contributed by atoms with Crippen LogP contribution in [-0.2, 0) is 10.8 Å². The molecule has 10 aromatic carbocycles. The normalized spacial score (nSPS) is 14.9. The smallest absolute Gasteiger partial charge is 0.0553 e. The van der Waals surface area contributed by atoms with Crippen LogP contribution in [0.5, 0.6) is 0 Å². The fourth-order valence-corrected chi connectivity index (χ4v) is 11.9. The van der Waals surface area contributed by atoms with Crippen molar-refractivity contribution in [2.45, 2.75) is 38.5 Å². The third-order valence-corrected chi connectivity index (χ3v) is 14.8. The van der Waals surface area contributed by atoms with Crippen LogP contribution in [0.1, 0.15) is 49.9 Å². The second kappa shape index (κ2) is 10.9. The highest BCUT2D eigenvalue weighted by atomic mass is 15.0. The maximum absolute atomic E-state index is 2.53. The quantitative estimate of drug-likeness (QED) is 0.159. The summed E-state index contributed by atoms with van der Waals surface area (Å²) in [6, 6.07) is 64.8. The van der Waals surface area contributed by atoms with E-state index in [0.29, 0.717) is 0 Å². The molecule has 2 aliphatic carbocycles. The second-order valence-corrected chi connectivity index (χ2v) is 18.5. The van der Waals surface area contributed by atoms with Gasteiger partial charge < -0.3 is 9.13 Å². The van der Waals surface area contributed by atoms with E-state index >= 15 is 0 Å². The van der Waals surface area contributed by atoms with Gasteiger partial charge in [0.15, 0.2) is 0 Å². The minimum Gasteiger partial charge on any atom is -0.309 e. The number of benzene rings is 10. The third-order valence-electron chi connectivity index (χ3n) is 14.8. The number of fused-ring (bicyclic) bond motifs is 6. The van der Waals surface area contributed by atoms with Crippen LogP contribution in [0.2, 0.25) is 0 Å². The minimum absolute atomic E-state index is 0.0844. The molecule has 2 heteroatoms. The Morgan fingerprint density at radius 1 is 0.300 bits per heavy atom. The van der Waals surface area contributed by atoms with Crippen molar-refractivity contribution in [1.29, 1.82) is 0 Å². The molecular formula is C58H40N2. The Bertz CT molecular complexity index is 3580. The Kier molecular flexibility index (Phi) is 5.95. The van der Waals surface area contributed by atoms with Crippen LogP contribution in [0, 0.1) is 0 Å². The van der Waals surface area contributed by atoms with Gasteiger partial charge >= 0.3 is 0 Å². The summed E-state index contributed by atoms with van der Waals surface area (Å²) in [6.07, 6.45) is 0. The van der Waals surface area contributed by atoms with Gasteiger partial charge in [-0.15, -0.1) is 0 Å². The van der Waals surface area contributed by atoms with Crippen LogP contribution >= 0.6 is 0 Å². The van der Waals surface area contributed by atoms with Gasteiger partial charge in [-0.05, 0) is 138 Å². The van der Waals surface area contributed by atoms with Crippen LogP contribution in [0.3, 0.4) is 0 Å². The van der Waals surface area contributed by atoms with Crippen molar-refractivity contribution in [3.8, 4) is 44.8 Å². The largest absolute Gasteiger partial charge is 0.309 e. The maximum Gasteiger partial charge on any atom is 0.0553 e. The van der Waals surface area contributed by atoms with Crippen LogP contribution in [0.4, 0.5) is 0 Å². The van der Waals surface area contributed by atoms with Gasteiger partial charge in [-0.25, -0.2) is 0 Å². The van der Waals surface area contributed by atoms with E-state index < -0.39 is 0 Å². The van der Waals surface area contributed by atoms with Crippen LogP contribution in [0.15, 0.2) is 170 Å². The SMILES string of the molecule is CC1(C)c2ccccc2-c2ccc(-n3c4cccc5ccc6cc(-c7cc8ccc9cccc%10c9c8c(c7)n%10-c7ccc8c(c7)C(C)(C)c7ccccc7-8)cc3c6c54)cc21. The molecule has 0 radical (unpaired) electrons. The van der Waals surface area contributed by atoms with Crippen molar-refractivity contribution in [2.24, 2.45) is 0 Å². The molecule has 2 heterocycles. The number of hydrogen-bond acceptors (Lipinski definition) is 0. The van der Waals surface area contributed by atoms with E-state index in [4.69, 9.17) is 0 Å². The summed E-state index contributed by atoms with van der Waals surface area (Å²) in [5.41, 5.74) is 20.7. The standard InChI is InChI=1S/C58H40N2/c1-57(2)45-15-7-5-13-41(45)43-25-23-39(31-47(43)57)59-49-17-9-11-33-19-21-35-27-37(29-51(59)55(35)53(33)49)38-28-36-22-20-34-12-10-18-50-54(34)56(36)52(30-38)60(50)40-24-26-44-42-14-6-8-16-46(42)58(3,4)48(44)32-40/h5-32H,1-4H3. The lowest BCUT2D eigenvalue weighted by molar-refractivity contribution is 0.660. The lowest BCUT2D eigenvalue weighted by Crippen LogP contribution is -2.15. The Balaban J connectivity index is 1.02. The zero-order chi connectivity index (χ0) is 39.8. The summed E-state index contributed by atoms with van der Waals surface area (Å²) in [7, 11) is 0. The van der Waals surface area contributed by atoms with E-state index in [-0.39, 0.29) is 10.8 Å². The van der Waals surface area contributed by atoms with E-state index in [1.807, 2.05) is 0 Å².